The Balaban J connectivity index is 1.49. The highest BCUT2D eigenvalue weighted by molar-refractivity contribution is 5.44. The van der Waals surface area contributed by atoms with Gasteiger partial charge in [-0.3, -0.25) is 0 Å². The van der Waals surface area contributed by atoms with E-state index in [1.165, 1.54) is 14.2 Å². The van der Waals surface area contributed by atoms with Gasteiger partial charge in [-0.05, 0) is 47.7 Å². The Hall–Kier alpha value is -2.64. The Morgan fingerprint density at radius 1 is 0.865 bits per heavy atom. The molecule has 2 fully saturated rings. The lowest BCUT2D eigenvalue weighted by Gasteiger charge is -2.39. The molecule has 0 radical (unpaired) electrons. The minimum atomic E-state index is -1.57. The fraction of sp³-hybridized carbons (Fsp3) is 0.538. The fourth-order valence-electron chi connectivity index (χ4n) is 4.92. The zero-order chi connectivity index (χ0) is 26.7. The Kier molecular flexibility index (Phi) is 8.75. The molecule has 6 N–H and O–H groups in total. The van der Waals surface area contributed by atoms with Crippen molar-refractivity contribution in [1.82, 2.24) is 0 Å². The lowest BCUT2D eigenvalue weighted by atomic mass is 9.84. The van der Waals surface area contributed by atoms with Gasteiger partial charge >= 0.3 is 0 Å². The normalized spacial score (nSPS) is 31.8. The molecule has 0 spiro atoms. The van der Waals surface area contributed by atoms with Crippen molar-refractivity contribution in [2.75, 3.05) is 34.0 Å². The molecule has 11 heteroatoms. The van der Waals surface area contributed by atoms with Crippen molar-refractivity contribution in [2.45, 2.75) is 43.2 Å². The van der Waals surface area contributed by atoms with E-state index in [1.54, 1.807) is 30.3 Å². The molecular formula is C26H34O11. The van der Waals surface area contributed by atoms with E-state index < -0.39 is 43.4 Å². The predicted molar refractivity (Wildman–Crippen MR) is 129 cm³/mol. The summed E-state index contributed by atoms with van der Waals surface area (Å²) in [5, 5.41) is 59.7. The zero-order valence-corrected chi connectivity index (χ0v) is 20.6. The third-order valence-corrected chi connectivity index (χ3v) is 7.04. The molecule has 0 unspecified atom stereocenters. The van der Waals surface area contributed by atoms with Gasteiger partial charge in [0.1, 0.15) is 24.4 Å². The molecule has 2 saturated heterocycles. The summed E-state index contributed by atoms with van der Waals surface area (Å²) >= 11 is 0. The van der Waals surface area contributed by atoms with Crippen LogP contribution in [0.4, 0.5) is 0 Å². The van der Waals surface area contributed by atoms with Gasteiger partial charge in [0.2, 0.25) is 6.29 Å². The van der Waals surface area contributed by atoms with Crippen molar-refractivity contribution < 1.29 is 54.3 Å². The van der Waals surface area contributed by atoms with Crippen LogP contribution in [0.1, 0.15) is 17.2 Å². The molecule has 204 valence electrons. The van der Waals surface area contributed by atoms with E-state index in [2.05, 4.69) is 0 Å². The van der Waals surface area contributed by atoms with E-state index in [0.29, 0.717) is 24.5 Å². The van der Waals surface area contributed by atoms with Crippen LogP contribution in [0.3, 0.4) is 0 Å². The minimum absolute atomic E-state index is 0.0142. The van der Waals surface area contributed by atoms with Crippen LogP contribution < -0.4 is 14.2 Å². The maximum Gasteiger partial charge on any atom is 0.229 e. The first-order valence-corrected chi connectivity index (χ1v) is 12.0. The highest BCUT2D eigenvalue weighted by atomic mass is 16.7. The van der Waals surface area contributed by atoms with Crippen LogP contribution in [0, 0.1) is 11.8 Å². The third-order valence-electron chi connectivity index (χ3n) is 7.04. The van der Waals surface area contributed by atoms with Crippen molar-refractivity contribution in [1.29, 1.82) is 0 Å². The molecule has 2 aromatic rings. The highest BCUT2D eigenvalue weighted by Gasteiger charge is 2.45. The molecule has 37 heavy (non-hydrogen) atoms. The largest absolute Gasteiger partial charge is 0.504 e. The summed E-state index contributed by atoms with van der Waals surface area (Å²) < 4.78 is 27.9. The van der Waals surface area contributed by atoms with E-state index in [0.717, 1.165) is 11.1 Å². The summed E-state index contributed by atoms with van der Waals surface area (Å²) in [7, 11) is 2.93. The van der Waals surface area contributed by atoms with Gasteiger partial charge in [0.15, 0.2) is 23.0 Å². The second kappa shape index (κ2) is 11.8. The SMILES string of the molecule is COc1cc(C[C@H]2CO[C@H](c3ccc(O[C@@H]4O[C@H](CO)[C@@H](O)[C@H](O)[C@H]4O)c(OC)c3)[C@H]2CO)ccc1O. The number of methoxy groups -OCH3 is 2. The van der Waals surface area contributed by atoms with Crippen LogP contribution in [0.2, 0.25) is 0 Å². The van der Waals surface area contributed by atoms with E-state index >= 15 is 0 Å². The number of hydrogen-bond donors (Lipinski definition) is 6. The van der Waals surface area contributed by atoms with Gasteiger partial charge in [0, 0.05) is 12.5 Å². The number of hydrogen-bond acceptors (Lipinski definition) is 11. The molecule has 8 atom stereocenters. The number of aliphatic hydroxyl groups is 5. The van der Waals surface area contributed by atoms with Crippen molar-refractivity contribution in [3.8, 4) is 23.0 Å². The molecule has 2 aliphatic heterocycles. The molecule has 0 bridgehead atoms. The molecule has 2 aliphatic rings. The molecule has 11 nitrogen and oxygen atoms in total. The van der Waals surface area contributed by atoms with Crippen LogP contribution in [-0.4, -0.2) is 95.4 Å². The monoisotopic (exact) mass is 522 g/mol. The van der Waals surface area contributed by atoms with Crippen LogP contribution in [0.15, 0.2) is 36.4 Å². The Labute approximate surface area is 214 Å². The smallest absolute Gasteiger partial charge is 0.229 e. The number of benzene rings is 2. The maximum atomic E-state index is 10.3. The number of phenols is 1. The minimum Gasteiger partial charge on any atom is -0.504 e. The molecule has 0 aliphatic carbocycles. The van der Waals surface area contributed by atoms with E-state index in [4.69, 9.17) is 23.7 Å². The summed E-state index contributed by atoms with van der Waals surface area (Å²) in [6, 6.07) is 10.2. The summed E-state index contributed by atoms with van der Waals surface area (Å²) in [5.41, 5.74) is 1.70. The van der Waals surface area contributed by atoms with E-state index in [-0.39, 0.29) is 29.9 Å². The second-order valence-electron chi connectivity index (χ2n) is 9.30. The standard InChI is InChI=1S/C26H34O11/c1-33-19-8-13(3-5-17(19)29)7-15-12-35-25(16(15)10-27)14-4-6-18(20(9-14)34-2)36-26-24(32)23(31)22(30)21(11-28)37-26/h3-6,8-9,15-16,21-32H,7,10-12H2,1-2H3/t15-,16-,21+,22+,23-,24+,25+,26+/m0/s1. The van der Waals surface area contributed by atoms with Crippen LogP contribution >= 0.6 is 0 Å². The molecule has 4 rings (SSSR count). The first-order valence-electron chi connectivity index (χ1n) is 12.0. The first-order chi connectivity index (χ1) is 17.8. The number of aromatic hydroxyl groups is 1. The Bertz CT molecular complexity index is 1050. The quantitative estimate of drug-likeness (QED) is 0.265. The molecular weight excluding hydrogens is 488 g/mol. The van der Waals surface area contributed by atoms with Crippen LogP contribution in [-0.2, 0) is 15.9 Å². The molecule has 0 saturated carbocycles. The third kappa shape index (κ3) is 5.63. The van der Waals surface area contributed by atoms with Gasteiger partial charge in [-0.2, -0.15) is 0 Å². The highest BCUT2D eigenvalue weighted by Crippen LogP contribution is 2.43. The molecule has 2 aromatic carbocycles. The average molecular weight is 523 g/mol. The zero-order valence-electron chi connectivity index (χ0n) is 20.6. The van der Waals surface area contributed by atoms with Crippen molar-refractivity contribution in [3.63, 3.8) is 0 Å². The lowest BCUT2D eigenvalue weighted by molar-refractivity contribution is -0.277. The van der Waals surface area contributed by atoms with E-state index in [1.807, 2.05) is 6.07 Å². The van der Waals surface area contributed by atoms with Gasteiger partial charge in [-0.25, -0.2) is 0 Å². The Morgan fingerprint density at radius 2 is 1.62 bits per heavy atom. The van der Waals surface area contributed by atoms with Crippen LogP contribution in [0.5, 0.6) is 23.0 Å². The van der Waals surface area contributed by atoms with Gasteiger partial charge in [0.05, 0.1) is 33.5 Å². The first kappa shape index (κ1) is 27.4. The summed E-state index contributed by atoms with van der Waals surface area (Å²) in [4.78, 5) is 0. The average Bonchev–Trinajstić information content (AvgIpc) is 3.32. The Morgan fingerprint density at radius 3 is 2.30 bits per heavy atom. The number of phenolic OH excluding ortho intramolecular Hbond substituents is 1. The van der Waals surface area contributed by atoms with Gasteiger partial charge in [-0.15, -0.1) is 0 Å². The topological polar surface area (TPSA) is 168 Å². The molecule has 0 amide bonds. The predicted octanol–water partition coefficient (Wildman–Crippen LogP) is 0.127. The van der Waals surface area contributed by atoms with Crippen LogP contribution in [0.25, 0.3) is 0 Å². The van der Waals surface area contributed by atoms with Crippen molar-refractivity contribution >= 4 is 0 Å². The number of aliphatic hydroxyl groups excluding tert-OH is 5. The van der Waals surface area contributed by atoms with Gasteiger partial charge in [-0.1, -0.05) is 12.1 Å². The summed E-state index contributed by atoms with van der Waals surface area (Å²) in [6.45, 7) is -0.249. The molecule has 2 heterocycles. The number of rotatable bonds is 9. The van der Waals surface area contributed by atoms with Crippen molar-refractivity contribution in [3.05, 3.63) is 47.5 Å². The summed E-state index contributed by atoms with van der Waals surface area (Å²) in [6.07, 6.45) is -6.86. The molecule has 0 aromatic heterocycles. The summed E-state index contributed by atoms with van der Waals surface area (Å²) in [5.74, 6) is 0.766. The van der Waals surface area contributed by atoms with E-state index in [9.17, 15) is 30.6 Å². The van der Waals surface area contributed by atoms with Gasteiger partial charge in [0.25, 0.3) is 0 Å². The van der Waals surface area contributed by atoms with Crippen molar-refractivity contribution in [2.24, 2.45) is 11.8 Å². The fourth-order valence-corrected chi connectivity index (χ4v) is 4.92. The lowest BCUT2D eigenvalue weighted by Crippen LogP contribution is -2.60. The van der Waals surface area contributed by atoms with Gasteiger partial charge < -0.3 is 54.3 Å². The maximum absolute atomic E-state index is 10.3. The second-order valence-corrected chi connectivity index (χ2v) is 9.30. The number of ether oxygens (including phenoxy) is 5.